The predicted molar refractivity (Wildman–Crippen MR) is 73.9 cm³/mol. The smallest absolute Gasteiger partial charge is 0.341 e. The van der Waals surface area contributed by atoms with E-state index in [1.165, 1.54) is 19.2 Å². The molecule has 0 saturated heterocycles. The van der Waals surface area contributed by atoms with E-state index in [0.717, 1.165) is 11.5 Å². The third-order valence-corrected chi connectivity index (χ3v) is 2.99. The molecule has 0 aliphatic heterocycles. The van der Waals surface area contributed by atoms with Gasteiger partial charge in [0.1, 0.15) is 28.5 Å². The Morgan fingerprint density at radius 1 is 1.24 bits per heavy atom. The number of nitrogens with one attached hydrogen (secondary N) is 1. The Bertz CT molecular complexity index is 814. The first-order chi connectivity index (χ1) is 10.2. The number of carbonyl (C=O) groups excluding carboxylic acids is 1. The van der Waals surface area contributed by atoms with Gasteiger partial charge in [0.2, 0.25) is 0 Å². The number of esters is 1. The molecule has 0 fully saturated rings. The first-order valence-corrected chi connectivity index (χ1v) is 6.17. The number of pyridine rings is 1. The van der Waals surface area contributed by atoms with Gasteiger partial charge in [0.15, 0.2) is 0 Å². The van der Waals surface area contributed by atoms with E-state index < -0.39 is 11.8 Å². The summed E-state index contributed by atoms with van der Waals surface area (Å²) in [7, 11) is 1.26. The maximum atomic E-state index is 13.4. The molecule has 1 aromatic carbocycles. The van der Waals surface area contributed by atoms with E-state index in [1.807, 2.05) is 0 Å². The molecule has 0 bridgehead atoms. The van der Waals surface area contributed by atoms with Crippen LogP contribution in [-0.2, 0) is 4.74 Å². The highest BCUT2D eigenvalue weighted by Crippen LogP contribution is 2.31. The monoisotopic (exact) mass is 286 g/mol. The summed E-state index contributed by atoms with van der Waals surface area (Å²) in [4.78, 5) is 18.8. The lowest BCUT2D eigenvalue weighted by Gasteiger charge is -2.10. The minimum atomic E-state index is -0.593. The minimum absolute atomic E-state index is 0.0931. The van der Waals surface area contributed by atoms with E-state index in [0.29, 0.717) is 11.4 Å². The Labute approximate surface area is 119 Å². The number of hydrogen-bond donors (Lipinski definition) is 1. The van der Waals surface area contributed by atoms with Crippen LogP contribution in [0.25, 0.3) is 11.0 Å². The highest BCUT2D eigenvalue weighted by atomic mass is 19.1. The number of nitrogens with zero attached hydrogens (tertiary/aromatic N) is 1. The van der Waals surface area contributed by atoms with E-state index in [-0.39, 0.29) is 11.3 Å². The molecule has 3 aromatic rings. The Kier molecular flexibility index (Phi) is 3.27. The number of rotatable bonds is 3. The number of carbonyl (C=O) groups is 1. The minimum Gasteiger partial charge on any atom is -0.465 e. The number of fused-ring (bicyclic) bond motifs is 1. The number of aromatic amines is 1. The summed E-state index contributed by atoms with van der Waals surface area (Å²) in [5.74, 6) is -0.533. The average Bonchev–Trinajstić information content (AvgIpc) is 2.96. The van der Waals surface area contributed by atoms with Gasteiger partial charge in [-0.05, 0) is 24.3 Å². The van der Waals surface area contributed by atoms with Gasteiger partial charge < -0.3 is 14.5 Å². The quantitative estimate of drug-likeness (QED) is 0.750. The zero-order chi connectivity index (χ0) is 14.8. The van der Waals surface area contributed by atoms with Gasteiger partial charge in [0.25, 0.3) is 0 Å². The summed E-state index contributed by atoms with van der Waals surface area (Å²) >= 11 is 0. The second kappa shape index (κ2) is 5.24. The molecule has 2 aromatic heterocycles. The average molecular weight is 286 g/mol. The van der Waals surface area contributed by atoms with Crippen LogP contribution in [0, 0.1) is 5.82 Å². The molecule has 0 unspecified atom stereocenters. The molecule has 6 heteroatoms. The SMILES string of the molecule is COC(=O)c1ccc(F)cc1Oc1ccnc2[nH]ccc12. The van der Waals surface area contributed by atoms with Crippen molar-refractivity contribution >= 4 is 17.0 Å². The molecule has 0 aliphatic rings. The van der Waals surface area contributed by atoms with Crippen molar-refractivity contribution in [1.29, 1.82) is 0 Å². The van der Waals surface area contributed by atoms with Crippen molar-refractivity contribution < 1.29 is 18.7 Å². The summed E-state index contributed by atoms with van der Waals surface area (Å²) < 4.78 is 23.8. The molecular formula is C15H11FN2O3. The first kappa shape index (κ1) is 13.1. The number of aromatic nitrogens is 2. The number of methoxy groups -OCH3 is 1. The zero-order valence-corrected chi connectivity index (χ0v) is 11.1. The van der Waals surface area contributed by atoms with Crippen molar-refractivity contribution in [2.45, 2.75) is 0 Å². The van der Waals surface area contributed by atoms with E-state index in [1.54, 1.807) is 24.5 Å². The summed E-state index contributed by atoms with van der Waals surface area (Å²) in [6.45, 7) is 0. The molecule has 0 aliphatic carbocycles. The van der Waals surface area contributed by atoms with Gasteiger partial charge in [-0.2, -0.15) is 0 Å². The number of H-pyrrole nitrogens is 1. The van der Waals surface area contributed by atoms with E-state index in [2.05, 4.69) is 14.7 Å². The lowest BCUT2D eigenvalue weighted by molar-refractivity contribution is 0.0598. The van der Waals surface area contributed by atoms with Gasteiger partial charge in [-0.1, -0.05) is 0 Å². The van der Waals surface area contributed by atoms with Crippen molar-refractivity contribution in [3.05, 3.63) is 54.1 Å². The van der Waals surface area contributed by atoms with Crippen molar-refractivity contribution in [2.75, 3.05) is 7.11 Å². The standard InChI is InChI=1S/C15H11FN2O3/c1-20-15(19)11-3-2-9(16)8-13(11)21-12-5-7-18-14-10(12)4-6-17-14/h2-8H,1H3,(H,17,18). The van der Waals surface area contributed by atoms with Crippen molar-refractivity contribution in [3.8, 4) is 11.5 Å². The van der Waals surface area contributed by atoms with Crippen LogP contribution in [-0.4, -0.2) is 23.0 Å². The van der Waals surface area contributed by atoms with E-state index >= 15 is 0 Å². The van der Waals surface area contributed by atoms with Crippen LogP contribution in [0.4, 0.5) is 4.39 Å². The van der Waals surface area contributed by atoms with Gasteiger partial charge in [-0.3, -0.25) is 0 Å². The normalized spacial score (nSPS) is 10.6. The number of benzene rings is 1. The molecule has 5 nitrogen and oxygen atoms in total. The molecule has 21 heavy (non-hydrogen) atoms. The molecule has 0 amide bonds. The van der Waals surface area contributed by atoms with E-state index in [4.69, 9.17) is 4.74 Å². The van der Waals surface area contributed by atoms with Gasteiger partial charge in [-0.25, -0.2) is 14.2 Å². The summed E-state index contributed by atoms with van der Waals surface area (Å²) in [6.07, 6.45) is 3.28. The maximum Gasteiger partial charge on any atom is 0.341 e. The molecule has 0 spiro atoms. The van der Waals surface area contributed by atoms with Crippen LogP contribution >= 0.6 is 0 Å². The molecule has 3 rings (SSSR count). The van der Waals surface area contributed by atoms with Crippen LogP contribution in [0.15, 0.2) is 42.7 Å². The fraction of sp³-hybridized carbons (Fsp3) is 0.0667. The number of halogens is 1. The molecule has 0 radical (unpaired) electrons. The van der Waals surface area contributed by atoms with Crippen molar-refractivity contribution in [1.82, 2.24) is 9.97 Å². The van der Waals surface area contributed by atoms with Crippen LogP contribution in [0.2, 0.25) is 0 Å². The lowest BCUT2D eigenvalue weighted by Crippen LogP contribution is -2.04. The Morgan fingerprint density at radius 2 is 2.10 bits per heavy atom. The lowest BCUT2D eigenvalue weighted by atomic mass is 10.2. The van der Waals surface area contributed by atoms with Gasteiger partial charge in [0, 0.05) is 18.5 Å². The van der Waals surface area contributed by atoms with Crippen LogP contribution in [0.1, 0.15) is 10.4 Å². The fourth-order valence-corrected chi connectivity index (χ4v) is 2.00. The highest BCUT2D eigenvalue weighted by Gasteiger charge is 2.16. The number of ether oxygens (including phenoxy) is 2. The molecular weight excluding hydrogens is 275 g/mol. The summed E-state index contributed by atoms with van der Waals surface area (Å²) in [5, 5.41) is 0.734. The maximum absolute atomic E-state index is 13.4. The Balaban J connectivity index is 2.07. The van der Waals surface area contributed by atoms with Crippen LogP contribution in [0.3, 0.4) is 0 Å². The topological polar surface area (TPSA) is 64.2 Å². The van der Waals surface area contributed by atoms with Crippen LogP contribution < -0.4 is 4.74 Å². The molecule has 106 valence electrons. The molecule has 1 N–H and O–H groups in total. The molecule has 0 saturated carbocycles. The number of hydrogen-bond acceptors (Lipinski definition) is 4. The van der Waals surface area contributed by atoms with Gasteiger partial charge in [-0.15, -0.1) is 0 Å². The third-order valence-electron chi connectivity index (χ3n) is 2.99. The largest absolute Gasteiger partial charge is 0.465 e. The summed E-state index contributed by atoms with van der Waals surface area (Å²) in [5.41, 5.74) is 0.794. The zero-order valence-electron chi connectivity index (χ0n) is 11.1. The van der Waals surface area contributed by atoms with Crippen LogP contribution in [0.5, 0.6) is 11.5 Å². The molecule has 0 atom stereocenters. The summed E-state index contributed by atoms with van der Waals surface area (Å²) in [6, 6.07) is 7.08. The predicted octanol–water partition coefficient (Wildman–Crippen LogP) is 3.28. The molecule has 2 heterocycles. The third kappa shape index (κ3) is 2.43. The Hall–Kier alpha value is -2.89. The second-order valence-electron chi connectivity index (χ2n) is 4.28. The first-order valence-electron chi connectivity index (χ1n) is 6.17. The van der Waals surface area contributed by atoms with Crippen molar-refractivity contribution in [3.63, 3.8) is 0 Å². The van der Waals surface area contributed by atoms with Crippen molar-refractivity contribution in [2.24, 2.45) is 0 Å². The second-order valence-corrected chi connectivity index (χ2v) is 4.28. The van der Waals surface area contributed by atoms with Gasteiger partial charge >= 0.3 is 5.97 Å². The van der Waals surface area contributed by atoms with E-state index in [9.17, 15) is 9.18 Å². The van der Waals surface area contributed by atoms with Gasteiger partial charge in [0.05, 0.1) is 12.5 Å². The highest BCUT2D eigenvalue weighted by molar-refractivity contribution is 5.93. The Morgan fingerprint density at radius 3 is 2.90 bits per heavy atom. The fourth-order valence-electron chi connectivity index (χ4n) is 2.00.